The third kappa shape index (κ3) is 3.36. The summed E-state index contributed by atoms with van der Waals surface area (Å²) in [4.78, 5) is 0.365. The molecule has 3 aromatic carbocycles. The van der Waals surface area contributed by atoms with Crippen LogP contribution in [0.15, 0.2) is 66.7 Å². The Bertz CT molecular complexity index is 728. The lowest BCUT2D eigenvalue weighted by atomic mass is 10.00. The average Bonchev–Trinajstić information content (AvgIpc) is 2.55. The molecule has 3 rings (SSSR count). The van der Waals surface area contributed by atoms with Crippen LogP contribution in [0.25, 0.3) is 10.8 Å². The first-order chi connectivity index (χ1) is 10.3. The smallest absolute Gasteiger partial charge is 0.0435 e. The van der Waals surface area contributed by atoms with E-state index in [1.54, 1.807) is 0 Å². The van der Waals surface area contributed by atoms with Crippen LogP contribution in [0.1, 0.15) is 28.4 Å². The highest BCUT2D eigenvalue weighted by molar-refractivity contribution is 9.09. The second-order valence-electron chi connectivity index (χ2n) is 5.45. The van der Waals surface area contributed by atoms with Crippen molar-refractivity contribution in [3.05, 3.63) is 83.4 Å². The van der Waals surface area contributed by atoms with Crippen LogP contribution in [-0.4, -0.2) is 0 Å². The minimum atomic E-state index is 0.365. The van der Waals surface area contributed by atoms with Crippen molar-refractivity contribution in [2.75, 3.05) is 0 Å². The van der Waals surface area contributed by atoms with Gasteiger partial charge in [0.15, 0.2) is 0 Å². The van der Waals surface area contributed by atoms with Gasteiger partial charge in [0, 0.05) is 4.83 Å². The maximum absolute atomic E-state index is 3.83. The molecular weight excluding hydrogens is 320 g/mol. The molecular formula is C20H19Br. The molecule has 0 fully saturated rings. The van der Waals surface area contributed by atoms with E-state index in [1.807, 2.05) is 0 Å². The monoisotopic (exact) mass is 338 g/mol. The van der Waals surface area contributed by atoms with Gasteiger partial charge in [-0.3, -0.25) is 0 Å². The molecule has 0 heterocycles. The fourth-order valence-corrected chi connectivity index (χ4v) is 3.33. The Balaban J connectivity index is 1.79. The lowest BCUT2D eigenvalue weighted by molar-refractivity contribution is 0.948. The third-order valence-electron chi connectivity index (χ3n) is 3.98. The SMILES string of the molecule is CCc1ccc(C(Br)Cc2ccc3ccccc3c2)cc1. The molecule has 0 N–H and O–H groups in total. The summed E-state index contributed by atoms with van der Waals surface area (Å²) < 4.78 is 0. The summed E-state index contributed by atoms with van der Waals surface area (Å²) in [7, 11) is 0. The van der Waals surface area contributed by atoms with E-state index in [0.29, 0.717) is 4.83 Å². The van der Waals surface area contributed by atoms with Crippen molar-refractivity contribution >= 4 is 26.7 Å². The van der Waals surface area contributed by atoms with Crippen LogP contribution in [-0.2, 0) is 12.8 Å². The van der Waals surface area contributed by atoms with Crippen LogP contribution in [0, 0.1) is 0 Å². The number of benzene rings is 3. The van der Waals surface area contributed by atoms with Gasteiger partial charge >= 0.3 is 0 Å². The van der Waals surface area contributed by atoms with E-state index in [1.165, 1.54) is 27.5 Å². The second-order valence-corrected chi connectivity index (χ2v) is 6.55. The summed E-state index contributed by atoms with van der Waals surface area (Å²) in [5.41, 5.74) is 4.11. The molecule has 0 saturated carbocycles. The Morgan fingerprint density at radius 3 is 2.19 bits per heavy atom. The van der Waals surface area contributed by atoms with Crippen LogP contribution in [0.2, 0.25) is 0 Å². The second kappa shape index (κ2) is 6.44. The molecule has 0 spiro atoms. The lowest BCUT2D eigenvalue weighted by Crippen LogP contribution is -1.96. The van der Waals surface area contributed by atoms with Gasteiger partial charge in [-0.15, -0.1) is 0 Å². The Morgan fingerprint density at radius 1 is 0.810 bits per heavy atom. The summed E-state index contributed by atoms with van der Waals surface area (Å²) in [5.74, 6) is 0. The van der Waals surface area contributed by atoms with Crippen molar-refractivity contribution < 1.29 is 0 Å². The van der Waals surface area contributed by atoms with E-state index in [2.05, 4.69) is 89.6 Å². The average molecular weight is 339 g/mol. The Morgan fingerprint density at radius 2 is 1.48 bits per heavy atom. The number of halogens is 1. The van der Waals surface area contributed by atoms with Crippen molar-refractivity contribution in [1.29, 1.82) is 0 Å². The number of alkyl halides is 1. The van der Waals surface area contributed by atoms with Crippen LogP contribution < -0.4 is 0 Å². The zero-order chi connectivity index (χ0) is 14.7. The maximum atomic E-state index is 3.83. The van der Waals surface area contributed by atoms with E-state index in [0.717, 1.165) is 12.8 Å². The molecule has 0 radical (unpaired) electrons. The zero-order valence-corrected chi connectivity index (χ0v) is 13.8. The number of rotatable bonds is 4. The van der Waals surface area contributed by atoms with E-state index < -0.39 is 0 Å². The number of hydrogen-bond acceptors (Lipinski definition) is 0. The summed E-state index contributed by atoms with van der Waals surface area (Å²) in [5, 5.41) is 2.62. The van der Waals surface area contributed by atoms with Gasteiger partial charge in [-0.2, -0.15) is 0 Å². The van der Waals surface area contributed by atoms with Crippen molar-refractivity contribution in [1.82, 2.24) is 0 Å². The molecule has 106 valence electrons. The van der Waals surface area contributed by atoms with Crippen LogP contribution in [0.5, 0.6) is 0 Å². The molecule has 0 aliphatic rings. The van der Waals surface area contributed by atoms with Gasteiger partial charge in [0.05, 0.1) is 0 Å². The predicted molar refractivity (Wildman–Crippen MR) is 95.1 cm³/mol. The van der Waals surface area contributed by atoms with E-state index in [4.69, 9.17) is 0 Å². The molecule has 0 aliphatic heterocycles. The molecule has 0 nitrogen and oxygen atoms in total. The summed E-state index contributed by atoms with van der Waals surface area (Å²) in [6, 6.07) is 24.2. The zero-order valence-electron chi connectivity index (χ0n) is 12.2. The molecule has 1 heteroatoms. The topological polar surface area (TPSA) is 0 Å². The first kappa shape index (κ1) is 14.3. The molecule has 1 unspecified atom stereocenters. The highest BCUT2D eigenvalue weighted by atomic mass is 79.9. The fraction of sp³-hybridized carbons (Fsp3) is 0.200. The van der Waals surface area contributed by atoms with Crippen molar-refractivity contribution in [3.8, 4) is 0 Å². The van der Waals surface area contributed by atoms with Gasteiger partial charge in [-0.1, -0.05) is 89.6 Å². The van der Waals surface area contributed by atoms with Crippen molar-refractivity contribution in [2.24, 2.45) is 0 Å². The fourth-order valence-electron chi connectivity index (χ4n) is 2.65. The molecule has 1 atom stereocenters. The largest absolute Gasteiger partial charge is 0.0835 e. The number of fused-ring (bicyclic) bond motifs is 1. The first-order valence-electron chi connectivity index (χ1n) is 7.47. The van der Waals surface area contributed by atoms with Crippen molar-refractivity contribution in [3.63, 3.8) is 0 Å². The first-order valence-corrected chi connectivity index (χ1v) is 8.38. The maximum Gasteiger partial charge on any atom is 0.0435 e. The van der Waals surface area contributed by atoms with Gasteiger partial charge < -0.3 is 0 Å². The van der Waals surface area contributed by atoms with E-state index in [-0.39, 0.29) is 0 Å². The van der Waals surface area contributed by atoms with Crippen LogP contribution in [0.3, 0.4) is 0 Å². The van der Waals surface area contributed by atoms with Crippen LogP contribution in [0.4, 0.5) is 0 Å². The van der Waals surface area contributed by atoms with Gasteiger partial charge in [0.25, 0.3) is 0 Å². The van der Waals surface area contributed by atoms with Gasteiger partial charge in [0.1, 0.15) is 0 Å². The number of hydrogen-bond donors (Lipinski definition) is 0. The van der Waals surface area contributed by atoms with Crippen LogP contribution >= 0.6 is 15.9 Å². The Kier molecular flexibility index (Phi) is 4.40. The molecule has 0 bridgehead atoms. The molecule has 0 aromatic heterocycles. The third-order valence-corrected chi connectivity index (χ3v) is 4.83. The minimum Gasteiger partial charge on any atom is -0.0835 e. The molecule has 3 aromatic rings. The predicted octanol–water partition coefficient (Wildman–Crippen LogP) is 6.08. The normalized spacial score (nSPS) is 12.5. The summed E-state index contributed by atoms with van der Waals surface area (Å²) in [6.45, 7) is 2.19. The Labute approximate surface area is 134 Å². The highest BCUT2D eigenvalue weighted by Crippen LogP contribution is 2.28. The van der Waals surface area contributed by atoms with E-state index in [9.17, 15) is 0 Å². The van der Waals surface area contributed by atoms with E-state index >= 15 is 0 Å². The standard InChI is InChI=1S/C20H19Br/c1-2-15-7-11-18(12-8-15)20(21)14-16-9-10-17-5-3-4-6-19(17)13-16/h3-13,20H,2,14H2,1H3. The summed E-state index contributed by atoms with van der Waals surface area (Å²) >= 11 is 3.83. The van der Waals surface area contributed by atoms with Gasteiger partial charge in [-0.05, 0) is 40.3 Å². The minimum absolute atomic E-state index is 0.365. The molecule has 21 heavy (non-hydrogen) atoms. The highest BCUT2D eigenvalue weighted by Gasteiger charge is 2.09. The number of aryl methyl sites for hydroxylation is 1. The van der Waals surface area contributed by atoms with Gasteiger partial charge in [0.2, 0.25) is 0 Å². The van der Waals surface area contributed by atoms with Gasteiger partial charge in [-0.25, -0.2) is 0 Å². The van der Waals surface area contributed by atoms with Crippen molar-refractivity contribution in [2.45, 2.75) is 24.6 Å². The summed E-state index contributed by atoms with van der Waals surface area (Å²) in [6.07, 6.45) is 2.11. The lowest BCUT2D eigenvalue weighted by Gasteiger charge is -2.12. The molecule has 0 amide bonds. The molecule has 0 aliphatic carbocycles. The quantitative estimate of drug-likeness (QED) is 0.505. The Hall–Kier alpha value is -1.60. The molecule has 0 saturated heterocycles.